The number of rotatable bonds is 7. The lowest BCUT2D eigenvalue weighted by Crippen LogP contribution is -2.34. The number of carbonyl (C=O) groups excluding carboxylic acids is 2. The Bertz CT molecular complexity index is 118. The molecule has 0 fully saturated rings. The molecule has 64 valence electrons. The van der Waals surface area contributed by atoms with Gasteiger partial charge in [-0.15, -0.1) is 0 Å². The van der Waals surface area contributed by atoms with Crippen LogP contribution in [-0.4, -0.2) is 43.9 Å². The molecule has 0 aliphatic heterocycles. The summed E-state index contributed by atoms with van der Waals surface area (Å²) in [6.07, 6.45) is 1.32. The Morgan fingerprint density at radius 1 is 1.36 bits per heavy atom. The van der Waals surface area contributed by atoms with Crippen LogP contribution in [0, 0.1) is 0 Å². The zero-order valence-corrected chi connectivity index (χ0v) is 6.32. The van der Waals surface area contributed by atoms with E-state index >= 15 is 0 Å². The summed E-state index contributed by atoms with van der Waals surface area (Å²) in [6, 6.07) is 0. The molecule has 0 aromatic rings. The molecule has 0 aliphatic rings. The van der Waals surface area contributed by atoms with Crippen molar-refractivity contribution in [3.05, 3.63) is 0 Å². The second kappa shape index (κ2) is 7.01. The minimum absolute atomic E-state index is 0.444. The molecule has 3 N–H and O–H groups in total. The van der Waals surface area contributed by atoms with E-state index in [1.54, 1.807) is 0 Å². The van der Waals surface area contributed by atoms with Crippen molar-refractivity contribution < 1.29 is 9.59 Å². The van der Waals surface area contributed by atoms with Gasteiger partial charge >= 0.3 is 0 Å². The maximum atomic E-state index is 10.2. The molecule has 5 heteroatoms. The zero-order valence-electron chi connectivity index (χ0n) is 6.32. The van der Waals surface area contributed by atoms with Crippen LogP contribution < -0.4 is 11.1 Å². The van der Waals surface area contributed by atoms with Crippen LogP contribution in [-0.2, 0) is 9.59 Å². The maximum Gasteiger partial charge on any atom is 0.209 e. The Hall–Kier alpha value is -1.10. The molecular weight excluding hydrogens is 146 g/mol. The highest BCUT2D eigenvalue weighted by Crippen LogP contribution is 1.77. The summed E-state index contributed by atoms with van der Waals surface area (Å²) < 4.78 is 0. The van der Waals surface area contributed by atoms with Gasteiger partial charge in [0.1, 0.15) is 0 Å². The molecule has 0 spiro atoms. The first-order chi connectivity index (χ1) is 5.35. The fourth-order valence-corrected chi connectivity index (χ4v) is 0.650. The molecule has 0 saturated carbocycles. The van der Waals surface area contributed by atoms with Crippen LogP contribution in [0.25, 0.3) is 0 Å². The minimum Gasteiger partial charge on any atom is -0.357 e. The summed E-state index contributed by atoms with van der Waals surface area (Å²) in [5.41, 5.74) is 5.22. The van der Waals surface area contributed by atoms with E-state index in [0.717, 1.165) is 6.41 Å². The standard InChI is InChI=1S/C6H13N3O2/c7-1-3-9(6-11)4-2-8-5-10/h5-6H,1-4,7H2,(H,8,10). The molecule has 0 aliphatic carbocycles. The van der Waals surface area contributed by atoms with Crippen molar-refractivity contribution >= 4 is 12.8 Å². The number of nitrogens with one attached hydrogen (secondary N) is 1. The normalized spacial score (nSPS) is 8.82. The van der Waals surface area contributed by atoms with Gasteiger partial charge in [0.2, 0.25) is 12.8 Å². The predicted molar refractivity (Wildman–Crippen MR) is 40.8 cm³/mol. The van der Waals surface area contributed by atoms with Crippen LogP contribution >= 0.6 is 0 Å². The zero-order chi connectivity index (χ0) is 8.53. The van der Waals surface area contributed by atoms with Crippen LogP contribution in [0.1, 0.15) is 0 Å². The second-order valence-corrected chi connectivity index (χ2v) is 2.00. The largest absolute Gasteiger partial charge is 0.357 e. The summed E-state index contributed by atoms with van der Waals surface area (Å²) >= 11 is 0. The van der Waals surface area contributed by atoms with Gasteiger partial charge in [-0.25, -0.2) is 0 Å². The Kier molecular flexibility index (Phi) is 6.31. The second-order valence-electron chi connectivity index (χ2n) is 2.00. The Morgan fingerprint density at radius 2 is 2.09 bits per heavy atom. The van der Waals surface area contributed by atoms with Gasteiger partial charge in [-0.2, -0.15) is 0 Å². The average Bonchev–Trinajstić information content (AvgIpc) is 2.03. The highest BCUT2D eigenvalue weighted by atomic mass is 16.1. The topological polar surface area (TPSA) is 75.4 Å². The van der Waals surface area contributed by atoms with Gasteiger partial charge in [0.15, 0.2) is 0 Å². The van der Waals surface area contributed by atoms with Gasteiger partial charge in [0.05, 0.1) is 0 Å². The van der Waals surface area contributed by atoms with Crippen LogP contribution in [0.4, 0.5) is 0 Å². The number of hydrogen-bond acceptors (Lipinski definition) is 3. The molecule has 0 heterocycles. The summed E-state index contributed by atoms with van der Waals surface area (Å²) in [4.78, 5) is 21.5. The van der Waals surface area contributed by atoms with E-state index in [-0.39, 0.29) is 0 Å². The summed E-state index contributed by atoms with van der Waals surface area (Å²) in [5, 5.41) is 2.45. The molecule has 0 aromatic heterocycles. The van der Waals surface area contributed by atoms with E-state index in [0.29, 0.717) is 32.6 Å². The van der Waals surface area contributed by atoms with Crippen LogP contribution in [0.2, 0.25) is 0 Å². The van der Waals surface area contributed by atoms with E-state index < -0.39 is 0 Å². The number of amides is 2. The molecule has 0 radical (unpaired) electrons. The molecule has 0 atom stereocenters. The van der Waals surface area contributed by atoms with Crippen LogP contribution in [0.15, 0.2) is 0 Å². The third-order valence-electron chi connectivity index (χ3n) is 1.19. The lowest BCUT2D eigenvalue weighted by molar-refractivity contribution is -0.118. The molecule has 0 rings (SSSR count). The van der Waals surface area contributed by atoms with Gasteiger partial charge in [-0.1, -0.05) is 0 Å². The van der Waals surface area contributed by atoms with Gasteiger partial charge < -0.3 is 16.0 Å². The Labute approximate surface area is 65.5 Å². The number of nitrogens with zero attached hydrogens (tertiary/aromatic N) is 1. The van der Waals surface area contributed by atoms with E-state index in [1.807, 2.05) is 0 Å². The molecule has 0 unspecified atom stereocenters. The van der Waals surface area contributed by atoms with Crippen molar-refractivity contribution in [2.45, 2.75) is 0 Å². The smallest absolute Gasteiger partial charge is 0.209 e. The lowest BCUT2D eigenvalue weighted by Gasteiger charge is -2.14. The van der Waals surface area contributed by atoms with E-state index in [9.17, 15) is 9.59 Å². The summed E-state index contributed by atoms with van der Waals surface area (Å²) in [5.74, 6) is 0. The quantitative estimate of drug-likeness (QED) is 0.338. The SMILES string of the molecule is NCCN(C=O)CCNC=O. The number of nitrogens with two attached hydrogens (primary N) is 1. The molecule has 5 nitrogen and oxygen atoms in total. The van der Waals surface area contributed by atoms with Gasteiger partial charge in [0, 0.05) is 26.2 Å². The number of hydrogen-bond donors (Lipinski definition) is 2. The molecule has 11 heavy (non-hydrogen) atoms. The molecule has 0 saturated heterocycles. The van der Waals surface area contributed by atoms with Crippen molar-refractivity contribution in [2.75, 3.05) is 26.2 Å². The Balaban J connectivity index is 3.34. The van der Waals surface area contributed by atoms with Gasteiger partial charge in [-0.05, 0) is 0 Å². The van der Waals surface area contributed by atoms with Gasteiger partial charge in [-0.3, -0.25) is 9.59 Å². The molecule has 0 bridgehead atoms. The van der Waals surface area contributed by atoms with Crippen LogP contribution in [0.5, 0.6) is 0 Å². The summed E-state index contributed by atoms with van der Waals surface area (Å²) in [7, 11) is 0. The fourth-order valence-electron chi connectivity index (χ4n) is 0.650. The highest BCUT2D eigenvalue weighted by molar-refractivity contribution is 5.48. The monoisotopic (exact) mass is 159 g/mol. The predicted octanol–water partition coefficient (Wildman–Crippen LogP) is -1.85. The molecular formula is C6H13N3O2. The molecule has 2 amide bonds. The third kappa shape index (κ3) is 5.35. The maximum absolute atomic E-state index is 10.2. The lowest BCUT2D eigenvalue weighted by atomic mass is 10.5. The first kappa shape index (κ1) is 9.90. The van der Waals surface area contributed by atoms with Crippen molar-refractivity contribution in [2.24, 2.45) is 5.73 Å². The minimum atomic E-state index is 0.444. The third-order valence-corrected chi connectivity index (χ3v) is 1.19. The van der Waals surface area contributed by atoms with Crippen molar-refractivity contribution in [3.63, 3.8) is 0 Å². The average molecular weight is 159 g/mol. The molecule has 0 aromatic carbocycles. The van der Waals surface area contributed by atoms with E-state index in [4.69, 9.17) is 5.73 Å². The summed E-state index contributed by atoms with van der Waals surface area (Å²) in [6.45, 7) is 1.96. The van der Waals surface area contributed by atoms with E-state index in [1.165, 1.54) is 4.90 Å². The highest BCUT2D eigenvalue weighted by Gasteiger charge is 1.97. The Morgan fingerprint density at radius 3 is 2.55 bits per heavy atom. The fraction of sp³-hybridized carbons (Fsp3) is 0.667. The van der Waals surface area contributed by atoms with Crippen LogP contribution in [0.3, 0.4) is 0 Å². The first-order valence-corrected chi connectivity index (χ1v) is 3.41. The van der Waals surface area contributed by atoms with E-state index in [2.05, 4.69) is 5.32 Å². The van der Waals surface area contributed by atoms with Crippen molar-refractivity contribution in [1.29, 1.82) is 0 Å². The number of carbonyl (C=O) groups is 2. The van der Waals surface area contributed by atoms with Gasteiger partial charge in [0.25, 0.3) is 0 Å². The van der Waals surface area contributed by atoms with Crippen molar-refractivity contribution in [1.82, 2.24) is 10.2 Å². The van der Waals surface area contributed by atoms with Crippen molar-refractivity contribution in [3.8, 4) is 0 Å². The first-order valence-electron chi connectivity index (χ1n) is 3.41.